The number of para-hydroxylation sites is 1. The van der Waals surface area contributed by atoms with Crippen LogP contribution in [0.2, 0.25) is 0 Å². The van der Waals surface area contributed by atoms with Crippen LogP contribution in [0.5, 0.6) is 5.75 Å². The van der Waals surface area contributed by atoms with Crippen LogP contribution in [0.15, 0.2) is 59.7 Å². The molecule has 0 bridgehead atoms. The fraction of sp³-hybridized carbons (Fsp3) is 0.176. The van der Waals surface area contributed by atoms with E-state index in [1.54, 1.807) is 18.3 Å². The van der Waals surface area contributed by atoms with E-state index in [2.05, 4.69) is 10.5 Å². The number of benzene rings is 2. The van der Waals surface area contributed by atoms with E-state index in [9.17, 15) is 4.79 Å². The number of nitrogens with zero attached hydrogens (tertiary/aromatic N) is 2. The Labute approximate surface area is 130 Å². The van der Waals surface area contributed by atoms with Gasteiger partial charge in [-0.25, -0.2) is 5.43 Å². The summed E-state index contributed by atoms with van der Waals surface area (Å²) in [6.07, 6.45) is 1.60. The highest BCUT2D eigenvalue weighted by molar-refractivity contribution is 5.83. The van der Waals surface area contributed by atoms with Crippen molar-refractivity contribution in [3.63, 3.8) is 0 Å². The molecule has 1 amide bonds. The lowest BCUT2D eigenvalue weighted by Crippen LogP contribution is -2.24. The normalized spacial score (nSPS) is 10.5. The molecule has 0 aromatic heterocycles. The third kappa shape index (κ3) is 4.94. The van der Waals surface area contributed by atoms with E-state index in [0.29, 0.717) is 5.75 Å². The molecule has 2 aromatic rings. The average molecular weight is 297 g/mol. The molecule has 0 aliphatic rings. The van der Waals surface area contributed by atoms with Crippen molar-refractivity contribution in [1.29, 1.82) is 0 Å². The largest absolute Gasteiger partial charge is 0.484 e. The van der Waals surface area contributed by atoms with E-state index < -0.39 is 0 Å². The average Bonchev–Trinajstić information content (AvgIpc) is 2.54. The minimum atomic E-state index is -0.301. The number of hydrazone groups is 1. The summed E-state index contributed by atoms with van der Waals surface area (Å²) in [5.41, 5.74) is 4.45. The zero-order valence-electron chi connectivity index (χ0n) is 12.7. The third-order valence-corrected chi connectivity index (χ3v) is 2.93. The van der Waals surface area contributed by atoms with Crippen molar-refractivity contribution in [3.8, 4) is 5.75 Å². The fourth-order valence-corrected chi connectivity index (χ4v) is 1.74. The number of hydrogen-bond acceptors (Lipinski definition) is 4. The summed E-state index contributed by atoms with van der Waals surface area (Å²) in [6.45, 7) is -0.0685. The van der Waals surface area contributed by atoms with Gasteiger partial charge in [-0.1, -0.05) is 30.3 Å². The highest BCUT2D eigenvalue weighted by atomic mass is 16.5. The molecule has 0 radical (unpaired) electrons. The fourth-order valence-electron chi connectivity index (χ4n) is 1.74. The number of carbonyl (C=O) groups excluding carboxylic acids is 1. The first kappa shape index (κ1) is 15.6. The predicted molar refractivity (Wildman–Crippen MR) is 88.4 cm³/mol. The van der Waals surface area contributed by atoms with Crippen LogP contribution >= 0.6 is 0 Å². The Morgan fingerprint density at radius 1 is 1.14 bits per heavy atom. The topological polar surface area (TPSA) is 53.9 Å². The molecule has 5 nitrogen and oxygen atoms in total. The van der Waals surface area contributed by atoms with Crippen LogP contribution in [-0.4, -0.2) is 32.8 Å². The van der Waals surface area contributed by atoms with Gasteiger partial charge in [0.15, 0.2) is 6.61 Å². The lowest BCUT2D eigenvalue weighted by molar-refractivity contribution is -0.123. The highest BCUT2D eigenvalue weighted by Crippen LogP contribution is 2.10. The van der Waals surface area contributed by atoms with Crippen LogP contribution in [0, 0.1) is 0 Å². The van der Waals surface area contributed by atoms with E-state index in [4.69, 9.17) is 4.74 Å². The second-order valence-electron chi connectivity index (χ2n) is 4.88. The van der Waals surface area contributed by atoms with E-state index in [0.717, 1.165) is 11.3 Å². The van der Waals surface area contributed by atoms with Gasteiger partial charge < -0.3 is 9.64 Å². The Balaban J connectivity index is 1.78. The van der Waals surface area contributed by atoms with Crippen molar-refractivity contribution in [2.24, 2.45) is 5.10 Å². The molecule has 0 aliphatic heterocycles. The Morgan fingerprint density at radius 2 is 1.82 bits per heavy atom. The van der Waals surface area contributed by atoms with Crippen LogP contribution in [0.25, 0.3) is 0 Å². The third-order valence-electron chi connectivity index (χ3n) is 2.93. The molecule has 0 unspecified atom stereocenters. The molecule has 0 fully saturated rings. The van der Waals surface area contributed by atoms with Gasteiger partial charge in [0.1, 0.15) is 5.75 Å². The van der Waals surface area contributed by atoms with Crippen LogP contribution in [0.3, 0.4) is 0 Å². The minimum absolute atomic E-state index is 0.0685. The molecule has 22 heavy (non-hydrogen) atoms. The number of carbonyl (C=O) groups is 1. The van der Waals surface area contributed by atoms with Crippen molar-refractivity contribution >= 4 is 17.8 Å². The van der Waals surface area contributed by atoms with Crippen molar-refractivity contribution in [1.82, 2.24) is 5.43 Å². The van der Waals surface area contributed by atoms with E-state index >= 15 is 0 Å². The molecular weight excluding hydrogens is 278 g/mol. The Hall–Kier alpha value is -2.82. The molecular formula is C17H19N3O2. The second kappa shape index (κ2) is 7.83. The summed E-state index contributed by atoms with van der Waals surface area (Å²) >= 11 is 0. The zero-order valence-corrected chi connectivity index (χ0v) is 12.7. The molecule has 114 valence electrons. The lowest BCUT2D eigenvalue weighted by atomic mass is 10.2. The van der Waals surface area contributed by atoms with Gasteiger partial charge in [-0.2, -0.15) is 5.10 Å². The summed E-state index contributed by atoms with van der Waals surface area (Å²) in [7, 11) is 3.96. The van der Waals surface area contributed by atoms with Crippen LogP contribution in [0.1, 0.15) is 5.56 Å². The Morgan fingerprint density at radius 3 is 2.45 bits per heavy atom. The van der Waals surface area contributed by atoms with E-state index in [1.165, 1.54) is 0 Å². The molecule has 0 saturated carbocycles. The number of nitrogens with one attached hydrogen (secondary N) is 1. The first-order valence-corrected chi connectivity index (χ1v) is 6.92. The van der Waals surface area contributed by atoms with E-state index in [-0.39, 0.29) is 12.5 Å². The number of amides is 1. The van der Waals surface area contributed by atoms with Gasteiger partial charge in [0.2, 0.25) is 0 Å². The van der Waals surface area contributed by atoms with Gasteiger partial charge in [-0.05, 0) is 29.8 Å². The van der Waals surface area contributed by atoms with Crippen LogP contribution in [-0.2, 0) is 4.79 Å². The lowest BCUT2D eigenvalue weighted by Gasteiger charge is -2.11. The first-order valence-electron chi connectivity index (χ1n) is 6.92. The SMILES string of the molecule is CN(C)c1ccc(C=NNC(=O)COc2ccccc2)cc1. The van der Waals surface area contributed by atoms with Gasteiger partial charge in [0.25, 0.3) is 5.91 Å². The number of ether oxygens (including phenoxy) is 1. The molecule has 2 rings (SSSR count). The maximum Gasteiger partial charge on any atom is 0.277 e. The maximum atomic E-state index is 11.6. The summed E-state index contributed by atoms with van der Waals surface area (Å²) in [5.74, 6) is 0.353. The summed E-state index contributed by atoms with van der Waals surface area (Å²) in [5, 5.41) is 3.91. The first-order chi connectivity index (χ1) is 10.6. The monoisotopic (exact) mass is 297 g/mol. The van der Waals surface area contributed by atoms with Gasteiger partial charge in [0, 0.05) is 19.8 Å². The second-order valence-corrected chi connectivity index (χ2v) is 4.88. The quantitative estimate of drug-likeness (QED) is 0.657. The highest BCUT2D eigenvalue weighted by Gasteiger charge is 2.00. The van der Waals surface area contributed by atoms with Crippen molar-refractivity contribution < 1.29 is 9.53 Å². The van der Waals surface area contributed by atoms with Gasteiger partial charge in [0.05, 0.1) is 6.21 Å². The number of rotatable bonds is 6. The summed E-state index contributed by atoms with van der Waals surface area (Å²) in [6, 6.07) is 17.0. The Bertz CT molecular complexity index is 622. The molecule has 1 N–H and O–H groups in total. The summed E-state index contributed by atoms with van der Waals surface area (Å²) in [4.78, 5) is 13.6. The summed E-state index contributed by atoms with van der Waals surface area (Å²) < 4.78 is 5.32. The van der Waals surface area contributed by atoms with Crippen molar-refractivity contribution in [3.05, 3.63) is 60.2 Å². The van der Waals surface area contributed by atoms with Crippen molar-refractivity contribution in [2.45, 2.75) is 0 Å². The van der Waals surface area contributed by atoms with Gasteiger partial charge >= 0.3 is 0 Å². The van der Waals surface area contributed by atoms with Crippen LogP contribution < -0.4 is 15.1 Å². The zero-order chi connectivity index (χ0) is 15.8. The van der Waals surface area contributed by atoms with Gasteiger partial charge in [-0.15, -0.1) is 0 Å². The molecule has 0 spiro atoms. The predicted octanol–water partition coefficient (Wildman–Crippen LogP) is 2.28. The molecule has 5 heteroatoms. The smallest absolute Gasteiger partial charge is 0.277 e. The van der Waals surface area contributed by atoms with Crippen molar-refractivity contribution in [2.75, 3.05) is 25.6 Å². The number of anilines is 1. The molecule has 0 saturated heterocycles. The molecule has 2 aromatic carbocycles. The number of hydrogen-bond donors (Lipinski definition) is 1. The van der Waals surface area contributed by atoms with Crippen LogP contribution in [0.4, 0.5) is 5.69 Å². The minimum Gasteiger partial charge on any atom is -0.484 e. The van der Waals surface area contributed by atoms with E-state index in [1.807, 2.05) is 61.5 Å². The molecule has 0 atom stereocenters. The van der Waals surface area contributed by atoms with Gasteiger partial charge in [-0.3, -0.25) is 4.79 Å². The standard InChI is InChI=1S/C17H19N3O2/c1-20(2)15-10-8-14(9-11-15)12-18-19-17(21)13-22-16-6-4-3-5-7-16/h3-12H,13H2,1-2H3,(H,19,21). The molecule has 0 heterocycles. The Kier molecular flexibility index (Phi) is 5.54. The maximum absolute atomic E-state index is 11.6. The molecule has 0 aliphatic carbocycles.